The normalized spacial score (nSPS) is 28.1. The fraction of sp³-hybridized carbons (Fsp3) is 0.791. The van der Waals surface area contributed by atoms with Crippen LogP contribution in [0, 0.1) is 27.1 Å². The standard InChI is InChI=1S/C43H70O16/c1-18-20-50-22-24-26(28(51-21-19-2)30(32(44)53-24)58-37(48)42(12,13)14)55-33-31(59-38(49)43(15,16)17)29(57-36(47)41(9,10)11)27(56-35(46)40(6,7)8)25(54-33)23-52-34(45)39(3,4)5/h18-19,24-33,44H,1-2,20-23H2,3-17H3/t24-,25-,26+,27+,28+,29+,30-,31-,32-,33+/m1/s1. The number of rotatable bonds is 15. The van der Waals surface area contributed by atoms with Crippen molar-refractivity contribution in [3.63, 3.8) is 0 Å². The Hall–Kier alpha value is -3.41. The Morgan fingerprint density at radius 2 is 0.915 bits per heavy atom. The molecule has 338 valence electrons. The summed E-state index contributed by atoms with van der Waals surface area (Å²) in [4.78, 5) is 67.7. The highest BCUT2D eigenvalue weighted by Gasteiger charge is 2.58. The molecule has 59 heavy (non-hydrogen) atoms. The third kappa shape index (κ3) is 14.9. The first-order valence-corrected chi connectivity index (χ1v) is 19.9. The molecule has 0 unspecified atom stereocenters. The van der Waals surface area contributed by atoms with Crippen LogP contribution in [0.4, 0.5) is 0 Å². The maximum Gasteiger partial charge on any atom is 0.311 e. The van der Waals surface area contributed by atoms with E-state index in [4.69, 9.17) is 47.4 Å². The summed E-state index contributed by atoms with van der Waals surface area (Å²) >= 11 is 0. The minimum absolute atomic E-state index is 0.0713. The van der Waals surface area contributed by atoms with E-state index in [-0.39, 0.29) is 19.8 Å². The smallest absolute Gasteiger partial charge is 0.311 e. The van der Waals surface area contributed by atoms with Gasteiger partial charge in [-0.25, -0.2) is 0 Å². The largest absolute Gasteiger partial charge is 0.462 e. The summed E-state index contributed by atoms with van der Waals surface area (Å²) < 4.78 is 61.0. The lowest BCUT2D eigenvalue weighted by atomic mass is 9.92. The molecule has 0 aromatic heterocycles. The van der Waals surface area contributed by atoms with E-state index >= 15 is 0 Å². The van der Waals surface area contributed by atoms with E-state index in [9.17, 15) is 29.1 Å². The lowest BCUT2D eigenvalue weighted by Crippen LogP contribution is -2.67. The molecule has 2 rings (SSSR count). The van der Waals surface area contributed by atoms with Crippen LogP contribution in [0.3, 0.4) is 0 Å². The SMILES string of the molecule is C=CCOC[C@H]1O[C@@H](O)[C@H](OC(=O)C(C)(C)C)[C@@H](OCC=C)[C@H]1O[C@@H]1O[C@H](COC(=O)C(C)(C)C)[C@H](OC(=O)C(C)(C)C)[C@H](OC(=O)C(C)(C)C)[C@H]1OC(=O)C(C)(C)C. The molecule has 10 atom stereocenters. The number of esters is 5. The number of carbonyl (C=O) groups excluding carboxylic acids is 5. The highest BCUT2D eigenvalue weighted by molar-refractivity contribution is 5.78. The van der Waals surface area contributed by atoms with Crippen LogP contribution in [0.5, 0.6) is 0 Å². The molecule has 0 aliphatic carbocycles. The molecule has 0 spiro atoms. The molecule has 2 aliphatic heterocycles. The molecule has 2 heterocycles. The molecule has 0 saturated carbocycles. The zero-order chi connectivity index (χ0) is 45.5. The van der Waals surface area contributed by atoms with Crippen molar-refractivity contribution in [2.24, 2.45) is 27.1 Å². The predicted molar refractivity (Wildman–Crippen MR) is 213 cm³/mol. The van der Waals surface area contributed by atoms with E-state index in [2.05, 4.69) is 13.2 Å². The van der Waals surface area contributed by atoms with Gasteiger partial charge in [0.25, 0.3) is 0 Å². The van der Waals surface area contributed by atoms with Gasteiger partial charge in [-0.3, -0.25) is 24.0 Å². The average molecular weight is 843 g/mol. The minimum Gasteiger partial charge on any atom is -0.462 e. The Morgan fingerprint density at radius 1 is 0.508 bits per heavy atom. The van der Waals surface area contributed by atoms with Crippen molar-refractivity contribution in [3.8, 4) is 0 Å². The average Bonchev–Trinajstić information content (AvgIpc) is 3.08. The van der Waals surface area contributed by atoms with Crippen molar-refractivity contribution < 1.29 is 76.4 Å². The predicted octanol–water partition coefficient (Wildman–Crippen LogP) is 5.01. The van der Waals surface area contributed by atoms with Crippen LogP contribution >= 0.6 is 0 Å². The van der Waals surface area contributed by atoms with Gasteiger partial charge < -0.3 is 52.5 Å². The van der Waals surface area contributed by atoms with E-state index < -0.39 is 125 Å². The minimum atomic E-state index is -1.73. The fourth-order valence-electron chi connectivity index (χ4n) is 5.21. The molecule has 16 nitrogen and oxygen atoms in total. The molecular weight excluding hydrogens is 772 g/mol. The third-order valence-electron chi connectivity index (χ3n) is 8.83. The van der Waals surface area contributed by atoms with Crippen molar-refractivity contribution in [1.29, 1.82) is 0 Å². The first-order valence-electron chi connectivity index (χ1n) is 19.9. The lowest BCUT2D eigenvalue weighted by Gasteiger charge is -2.49. The molecule has 2 fully saturated rings. The highest BCUT2D eigenvalue weighted by atomic mass is 16.8. The van der Waals surface area contributed by atoms with Gasteiger partial charge in [-0.1, -0.05) is 12.2 Å². The Labute approximate surface area is 349 Å². The molecular formula is C43H70O16. The zero-order valence-electron chi connectivity index (χ0n) is 37.7. The Bertz CT molecular complexity index is 1470. The van der Waals surface area contributed by atoms with Crippen LogP contribution in [-0.4, -0.2) is 123 Å². The van der Waals surface area contributed by atoms with E-state index in [1.165, 1.54) is 12.2 Å². The Morgan fingerprint density at radius 3 is 1.36 bits per heavy atom. The van der Waals surface area contributed by atoms with Crippen molar-refractivity contribution >= 4 is 29.8 Å². The topological polar surface area (TPSA) is 198 Å². The summed E-state index contributed by atoms with van der Waals surface area (Å²) in [6.07, 6.45) is -12.1. The number of hydrogen-bond donors (Lipinski definition) is 1. The van der Waals surface area contributed by atoms with Gasteiger partial charge in [0.1, 0.15) is 31.0 Å². The summed E-state index contributed by atoms with van der Waals surface area (Å²) in [5.41, 5.74) is -5.29. The van der Waals surface area contributed by atoms with E-state index in [1.54, 1.807) is 104 Å². The number of hydrogen-bond acceptors (Lipinski definition) is 16. The molecule has 0 aromatic carbocycles. The van der Waals surface area contributed by atoms with E-state index in [0.29, 0.717) is 0 Å². The van der Waals surface area contributed by atoms with Crippen molar-refractivity contribution in [1.82, 2.24) is 0 Å². The summed E-state index contributed by atoms with van der Waals surface area (Å²) in [5.74, 6) is -3.58. The Kier molecular flexibility index (Phi) is 17.9. The van der Waals surface area contributed by atoms with Gasteiger partial charge in [0, 0.05) is 0 Å². The summed E-state index contributed by atoms with van der Waals surface area (Å²) in [6.45, 7) is 30.9. The third-order valence-corrected chi connectivity index (χ3v) is 8.83. The van der Waals surface area contributed by atoms with Crippen molar-refractivity contribution in [2.75, 3.05) is 26.4 Å². The molecule has 0 aromatic rings. The van der Waals surface area contributed by atoms with Gasteiger partial charge in [-0.15, -0.1) is 13.2 Å². The molecule has 2 saturated heterocycles. The lowest BCUT2D eigenvalue weighted by molar-refractivity contribution is -0.361. The highest BCUT2D eigenvalue weighted by Crippen LogP contribution is 2.38. The second kappa shape index (κ2) is 20.4. The number of aliphatic hydroxyl groups excluding tert-OH is 1. The van der Waals surface area contributed by atoms with Crippen LogP contribution in [0.1, 0.15) is 104 Å². The van der Waals surface area contributed by atoms with Crippen LogP contribution in [0.15, 0.2) is 25.3 Å². The molecule has 0 radical (unpaired) electrons. The van der Waals surface area contributed by atoms with Gasteiger partial charge in [-0.05, 0) is 104 Å². The number of aliphatic hydroxyl groups is 1. The molecule has 0 bridgehead atoms. The monoisotopic (exact) mass is 842 g/mol. The van der Waals surface area contributed by atoms with Crippen LogP contribution in [0.25, 0.3) is 0 Å². The summed E-state index contributed by atoms with van der Waals surface area (Å²) in [5, 5.41) is 11.3. The summed E-state index contributed by atoms with van der Waals surface area (Å²) in [6, 6.07) is 0. The van der Waals surface area contributed by atoms with E-state index in [1.807, 2.05) is 0 Å². The molecule has 2 aliphatic rings. The van der Waals surface area contributed by atoms with Crippen LogP contribution in [-0.2, 0) is 71.3 Å². The van der Waals surface area contributed by atoms with Crippen molar-refractivity contribution in [3.05, 3.63) is 25.3 Å². The molecule has 0 amide bonds. The van der Waals surface area contributed by atoms with Gasteiger partial charge >= 0.3 is 29.8 Å². The fourth-order valence-corrected chi connectivity index (χ4v) is 5.21. The maximum absolute atomic E-state index is 13.8. The van der Waals surface area contributed by atoms with Gasteiger partial charge in [-0.2, -0.15) is 0 Å². The second-order valence-corrected chi connectivity index (χ2v) is 19.9. The summed E-state index contributed by atoms with van der Waals surface area (Å²) in [7, 11) is 0. The van der Waals surface area contributed by atoms with Gasteiger partial charge in [0.2, 0.25) is 0 Å². The first kappa shape index (κ1) is 51.7. The second-order valence-electron chi connectivity index (χ2n) is 19.9. The maximum atomic E-state index is 13.8. The van der Waals surface area contributed by atoms with Crippen LogP contribution < -0.4 is 0 Å². The first-order chi connectivity index (χ1) is 26.8. The quantitative estimate of drug-likeness (QED) is 0.0999. The van der Waals surface area contributed by atoms with Gasteiger partial charge in [0.15, 0.2) is 37.0 Å². The number of carbonyl (C=O) groups is 5. The number of ether oxygens (including phenoxy) is 10. The zero-order valence-corrected chi connectivity index (χ0v) is 37.7. The van der Waals surface area contributed by atoms with E-state index in [0.717, 1.165) is 0 Å². The molecule has 1 N–H and O–H groups in total. The van der Waals surface area contributed by atoms with Crippen molar-refractivity contribution in [2.45, 2.75) is 165 Å². The molecule has 16 heteroatoms. The Balaban J connectivity index is 2.96. The van der Waals surface area contributed by atoms with Crippen LogP contribution in [0.2, 0.25) is 0 Å². The van der Waals surface area contributed by atoms with Gasteiger partial charge in [0.05, 0.1) is 46.9 Å².